The molecule has 5 aromatic carbocycles. The molecule has 0 aromatic heterocycles. The summed E-state index contributed by atoms with van der Waals surface area (Å²) in [6, 6.07) is 51.1. The molecule has 0 amide bonds. The van der Waals surface area contributed by atoms with E-state index in [1.165, 1.54) is 15.6 Å². The van der Waals surface area contributed by atoms with Crippen LogP contribution in [0.25, 0.3) is 0 Å². The minimum absolute atomic E-state index is 0. The van der Waals surface area contributed by atoms with E-state index in [0.29, 0.717) is 0 Å². The second-order valence-electron chi connectivity index (χ2n) is 11.3. The van der Waals surface area contributed by atoms with Gasteiger partial charge in [-0.3, -0.25) is 0 Å². The predicted molar refractivity (Wildman–Crippen MR) is 212 cm³/mol. The quantitative estimate of drug-likeness (QED) is 0.148. The zero-order chi connectivity index (χ0) is 30.1. The monoisotopic (exact) mass is 684 g/mol. The highest BCUT2D eigenvalue weighted by atomic mass is 28.5. The first-order valence-electron chi connectivity index (χ1n) is 14.3. The molecule has 0 unspecified atom stereocenters. The summed E-state index contributed by atoms with van der Waals surface area (Å²) in [6.07, 6.45) is 0. The van der Waals surface area contributed by atoms with Gasteiger partial charge in [-0.25, -0.2) is 0 Å². The molecule has 0 saturated heterocycles. The van der Waals surface area contributed by atoms with Crippen LogP contribution in [-0.2, 0) is 12.7 Å². The van der Waals surface area contributed by atoms with E-state index in [0.717, 1.165) is 10.4 Å². The fourth-order valence-electron chi connectivity index (χ4n) is 5.17. The van der Waals surface area contributed by atoms with Gasteiger partial charge in [0.2, 0.25) is 16.6 Å². The van der Waals surface area contributed by atoms with Crippen LogP contribution in [0.1, 0.15) is 29.7 Å². The number of hydrogen-bond donors (Lipinski definition) is 0. The third kappa shape index (κ3) is 11.5. The van der Waals surface area contributed by atoms with Gasteiger partial charge in [0.05, 0.1) is 0 Å². The number of hydrogen-bond acceptors (Lipinski definition) is 3. The van der Waals surface area contributed by atoms with E-state index in [2.05, 4.69) is 124 Å². The van der Waals surface area contributed by atoms with E-state index in [1.54, 1.807) is 0 Å². The Kier molecular flexibility index (Phi) is 18.0. The first-order chi connectivity index (χ1) is 20.1. The third-order valence-corrected chi connectivity index (χ3v) is 21.1. The highest BCUT2D eigenvalue weighted by molar-refractivity contribution is 7.02. The Morgan fingerprint density at radius 1 is 0.413 bits per heavy atom. The first-order valence-corrected chi connectivity index (χ1v) is 23.9. The molecule has 7 heteroatoms. The van der Waals surface area contributed by atoms with Crippen LogP contribution in [0.15, 0.2) is 152 Å². The molecule has 0 aliphatic carbocycles. The Bertz CT molecular complexity index is 1450. The van der Waals surface area contributed by atoms with Crippen LogP contribution in [0, 0.1) is 0 Å². The fraction of sp³-hybridized carbons (Fsp3) is 0.231. The van der Waals surface area contributed by atoms with Crippen molar-refractivity contribution in [2.24, 2.45) is 0 Å². The van der Waals surface area contributed by atoms with Crippen molar-refractivity contribution >= 4 is 59.8 Å². The van der Waals surface area contributed by atoms with E-state index in [4.69, 9.17) is 8.23 Å². The molecule has 0 atom stereocenters. The highest BCUT2D eigenvalue weighted by Gasteiger charge is 2.44. The molecule has 5 aromatic rings. The Hall–Kier alpha value is -3.31. The van der Waals surface area contributed by atoms with E-state index >= 15 is 0 Å². The molecule has 0 radical (unpaired) electrons. The Labute approximate surface area is 285 Å². The van der Waals surface area contributed by atoms with Gasteiger partial charge in [-0.2, -0.15) is 0 Å². The van der Waals surface area contributed by atoms with Gasteiger partial charge in [0.25, 0.3) is 0 Å². The van der Waals surface area contributed by atoms with Crippen LogP contribution in [0.5, 0.6) is 0 Å². The molecule has 46 heavy (non-hydrogen) atoms. The van der Waals surface area contributed by atoms with E-state index in [9.17, 15) is 4.46 Å². The van der Waals surface area contributed by atoms with Crippen molar-refractivity contribution in [1.82, 2.24) is 0 Å². The molecule has 246 valence electrons. The Morgan fingerprint density at radius 2 is 0.696 bits per heavy atom. The number of benzene rings is 5. The second-order valence-corrected chi connectivity index (χ2v) is 24.4. The van der Waals surface area contributed by atoms with Crippen molar-refractivity contribution in [3.8, 4) is 0 Å². The van der Waals surface area contributed by atoms with Gasteiger partial charge in [0, 0.05) is 10.4 Å². The zero-order valence-corrected chi connectivity index (χ0v) is 29.2. The Balaban J connectivity index is 0.000000961. The van der Waals surface area contributed by atoms with E-state index in [1.807, 2.05) is 60.7 Å². The lowest BCUT2D eigenvalue weighted by Crippen LogP contribution is -2.65. The minimum Gasteiger partial charge on any atom is -0.433 e. The molecular formula is C39H56O3Si4. The maximum absolute atomic E-state index is 12.0. The predicted octanol–water partition coefficient (Wildman–Crippen LogP) is 7.99. The second kappa shape index (κ2) is 19.4. The lowest BCUT2D eigenvalue weighted by Gasteiger charge is -2.40. The van der Waals surface area contributed by atoms with E-state index < -0.39 is 33.9 Å². The van der Waals surface area contributed by atoms with Crippen LogP contribution in [0.4, 0.5) is 0 Å². The smallest absolute Gasteiger partial charge is 0.346 e. The van der Waals surface area contributed by atoms with Crippen LogP contribution in [0.3, 0.4) is 0 Å². The van der Waals surface area contributed by atoms with Crippen LogP contribution in [-0.4, -0.2) is 33.9 Å². The summed E-state index contributed by atoms with van der Waals surface area (Å²) < 4.78 is 25.9. The molecule has 0 saturated carbocycles. The molecule has 0 aliphatic rings. The lowest BCUT2D eigenvalue weighted by molar-refractivity contribution is 0.403. The molecule has 3 nitrogen and oxygen atoms in total. The van der Waals surface area contributed by atoms with Crippen molar-refractivity contribution in [1.29, 1.82) is 0 Å². The molecule has 0 aliphatic heterocycles. The lowest BCUT2D eigenvalue weighted by atomic mass is 10.4. The van der Waals surface area contributed by atoms with Crippen molar-refractivity contribution in [3.63, 3.8) is 0 Å². The van der Waals surface area contributed by atoms with E-state index in [-0.39, 0.29) is 29.7 Å². The highest BCUT2D eigenvalue weighted by Crippen LogP contribution is 2.21. The maximum atomic E-state index is 12.0. The summed E-state index contributed by atoms with van der Waals surface area (Å²) in [6.45, 7) is 11.2. The van der Waals surface area contributed by atoms with Crippen molar-refractivity contribution in [2.45, 2.75) is 62.4 Å². The molecule has 0 heterocycles. The third-order valence-electron chi connectivity index (χ3n) is 7.14. The summed E-state index contributed by atoms with van der Waals surface area (Å²) in [5, 5.41) is 5.71. The van der Waals surface area contributed by atoms with Gasteiger partial charge >= 0.3 is 17.2 Å². The van der Waals surface area contributed by atoms with Crippen molar-refractivity contribution in [2.75, 3.05) is 0 Å². The average Bonchev–Trinajstić information content (AvgIpc) is 3.02. The van der Waals surface area contributed by atoms with Gasteiger partial charge in [0.15, 0.2) is 0 Å². The summed E-state index contributed by atoms with van der Waals surface area (Å²) in [5.41, 5.74) is 0. The summed E-state index contributed by atoms with van der Waals surface area (Å²) >= 11 is 0. The first kappa shape index (κ1) is 42.7. The SMILES string of the molecule is C.C.C.C.C[Si](C)(O[Si](C)(C)c1ccccc1)O[Si](C)(c1ccccc1)c1ccccc1.O=[Si](c1ccccc1)c1ccccc1. The van der Waals surface area contributed by atoms with Crippen molar-refractivity contribution in [3.05, 3.63) is 152 Å². The summed E-state index contributed by atoms with van der Waals surface area (Å²) in [7, 11) is -8.63. The van der Waals surface area contributed by atoms with Crippen molar-refractivity contribution < 1.29 is 12.7 Å². The van der Waals surface area contributed by atoms with Gasteiger partial charge in [-0.05, 0) is 48.3 Å². The molecule has 0 bridgehead atoms. The van der Waals surface area contributed by atoms with Gasteiger partial charge in [-0.1, -0.05) is 181 Å². The summed E-state index contributed by atoms with van der Waals surface area (Å²) in [4.78, 5) is 0. The van der Waals surface area contributed by atoms with Gasteiger partial charge < -0.3 is 12.7 Å². The van der Waals surface area contributed by atoms with Gasteiger partial charge in [0.1, 0.15) is 0 Å². The normalized spacial score (nSPS) is 10.7. The zero-order valence-electron chi connectivity index (χ0n) is 25.2. The van der Waals surface area contributed by atoms with Gasteiger partial charge in [-0.15, -0.1) is 0 Å². The molecule has 0 fully saturated rings. The molecule has 5 rings (SSSR count). The summed E-state index contributed by atoms with van der Waals surface area (Å²) in [5.74, 6) is 0. The van der Waals surface area contributed by atoms with Crippen LogP contribution >= 0.6 is 0 Å². The number of rotatable bonds is 9. The molecule has 0 N–H and O–H groups in total. The Morgan fingerprint density at radius 3 is 1.02 bits per heavy atom. The largest absolute Gasteiger partial charge is 0.433 e. The standard InChI is InChI=1S/C23H30O2Si3.C12H10OSi.4CH4/c1-26(2,21-15-9-6-10-16-21)24-27(3,4)25-28(5,22-17-11-7-12-18-22)23-19-13-8-14-20-23;13-14(11-7-3-1-4-8-11)12-9-5-2-6-10-12;;;;/h6-20H,1-5H3;1-10H;4*1H4. The average molecular weight is 685 g/mol. The maximum Gasteiger partial charge on any atom is 0.346 e. The van der Waals surface area contributed by atoms with Crippen LogP contribution < -0.4 is 25.9 Å². The minimum atomic E-state index is -2.40. The van der Waals surface area contributed by atoms with Crippen LogP contribution in [0.2, 0.25) is 32.7 Å². The molecular weight excluding hydrogens is 629 g/mol. The fourth-order valence-corrected chi connectivity index (χ4v) is 20.3. The topological polar surface area (TPSA) is 35.5 Å². The molecule has 0 spiro atoms.